The van der Waals surface area contributed by atoms with Crippen LogP contribution in [0.1, 0.15) is 40.0 Å². The van der Waals surface area contributed by atoms with E-state index in [9.17, 15) is 4.79 Å². The molecule has 0 rings (SSSR count). The van der Waals surface area contributed by atoms with E-state index >= 15 is 0 Å². The first-order valence-electron chi connectivity index (χ1n) is 4.89. The normalized spacial score (nSPS) is 11.3. The summed E-state index contributed by atoms with van der Waals surface area (Å²) >= 11 is 0. The third kappa shape index (κ3) is 6.21. The summed E-state index contributed by atoms with van der Waals surface area (Å²) in [6.07, 6.45) is 2.77. The van der Waals surface area contributed by atoms with Crippen LogP contribution in [-0.2, 0) is 4.79 Å². The van der Waals surface area contributed by atoms with Gasteiger partial charge in [-0.2, -0.15) is 0 Å². The lowest BCUT2D eigenvalue weighted by atomic mass is 10.1. The van der Waals surface area contributed by atoms with Crippen LogP contribution in [0.4, 0.5) is 0 Å². The van der Waals surface area contributed by atoms with Gasteiger partial charge in [0.2, 0.25) is 5.91 Å². The van der Waals surface area contributed by atoms with Crippen molar-refractivity contribution in [3.8, 4) is 11.8 Å². The van der Waals surface area contributed by atoms with Crippen molar-refractivity contribution >= 4 is 5.91 Å². The molecule has 0 saturated carbocycles. The summed E-state index contributed by atoms with van der Waals surface area (Å²) in [4.78, 5) is 11.3. The summed E-state index contributed by atoms with van der Waals surface area (Å²) in [5, 5.41) is 2.86. The molecule has 13 heavy (non-hydrogen) atoms. The van der Waals surface area contributed by atoms with Crippen LogP contribution in [-0.4, -0.2) is 12.5 Å². The topological polar surface area (TPSA) is 29.1 Å². The highest BCUT2D eigenvalue weighted by atomic mass is 16.1. The average molecular weight is 181 g/mol. The van der Waals surface area contributed by atoms with Gasteiger partial charge >= 0.3 is 0 Å². The van der Waals surface area contributed by atoms with Crippen molar-refractivity contribution in [3.05, 3.63) is 0 Å². The Bertz CT molecular complexity index is 200. The van der Waals surface area contributed by atoms with Crippen molar-refractivity contribution < 1.29 is 4.79 Å². The number of rotatable bonds is 5. The molecule has 0 radical (unpaired) electrons. The maximum Gasteiger partial charge on any atom is 0.222 e. The van der Waals surface area contributed by atoms with Gasteiger partial charge in [-0.25, -0.2) is 0 Å². The first-order valence-corrected chi connectivity index (χ1v) is 4.89. The molecule has 1 N–H and O–H groups in total. The van der Waals surface area contributed by atoms with Crippen molar-refractivity contribution in [1.82, 2.24) is 5.32 Å². The van der Waals surface area contributed by atoms with E-state index in [2.05, 4.69) is 24.1 Å². The molecule has 2 nitrogen and oxygen atoms in total. The number of hydrogen-bond donors (Lipinski definition) is 1. The third-order valence-electron chi connectivity index (χ3n) is 1.90. The van der Waals surface area contributed by atoms with E-state index in [0.717, 1.165) is 19.3 Å². The fourth-order valence-corrected chi connectivity index (χ4v) is 1.11. The Morgan fingerprint density at radius 2 is 2.23 bits per heavy atom. The highest BCUT2D eigenvalue weighted by Gasteiger charge is 2.09. The van der Waals surface area contributed by atoms with Gasteiger partial charge in [0.05, 0.1) is 0 Å². The zero-order valence-corrected chi connectivity index (χ0v) is 8.81. The molecule has 1 unspecified atom stereocenters. The predicted octanol–water partition coefficient (Wildman–Crippen LogP) is 1.95. The molecule has 0 aromatic rings. The minimum atomic E-state index is 0.139. The summed E-state index contributed by atoms with van der Waals surface area (Å²) in [5.41, 5.74) is 0. The summed E-state index contributed by atoms with van der Waals surface area (Å²) in [7, 11) is 0. The van der Waals surface area contributed by atoms with Gasteiger partial charge < -0.3 is 5.32 Å². The number of carbonyl (C=O) groups excluding carboxylic acids is 1. The minimum absolute atomic E-state index is 0.139. The fourth-order valence-electron chi connectivity index (χ4n) is 1.11. The molecule has 0 aromatic heterocycles. The zero-order valence-electron chi connectivity index (χ0n) is 8.81. The van der Waals surface area contributed by atoms with Crippen molar-refractivity contribution in [1.29, 1.82) is 0 Å². The number of amides is 1. The molecule has 1 amide bonds. The van der Waals surface area contributed by atoms with E-state index in [-0.39, 0.29) is 11.8 Å². The van der Waals surface area contributed by atoms with Gasteiger partial charge in [0, 0.05) is 18.9 Å². The fraction of sp³-hybridized carbons (Fsp3) is 0.727. The molecule has 0 bridgehead atoms. The van der Waals surface area contributed by atoms with E-state index < -0.39 is 0 Å². The van der Waals surface area contributed by atoms with Crippen molar-refractivity contribution in [2.45, 2.75) is 40.0 Å². The summed E-state index contributed by atoms with van der Waals surface area (Å²) in [6.45, 7) is 6.53. The zero-order chi connectivity index (χ0) is 10.1. The molecule has 0 saturated heterocycles. The molecule has 0 fully saturated rings. The first kappa shape index (κ1) is 12.0. The minimum Gasteiger partial charge on any atom is -0.355 e. The molecular formula is C11H19NO. The summed E-state index contributed by atoms with van der Waals surface area (Å²) < 4.78 is 0. The Balaban J connectivity index is 3.53. The second-order valence-corrected chi connectivity index (χ2v) is 3.16. The van der Waals surface area contributed by atoms with Crippen molar-refractivity contribution in [2.75, 3.05) is 6.54 Å². The number of nitrogens with one attached hydrogen (secondary N) is 1. The number of carbonyl (C=O) groups is 1. The number of hydrogen-bond acceptors (Lipinski definition) is 1. The van der Waals surface area contributed by atoms with Gasteiger partial charge in [0.15, 0.2) is 0 Å². The first-order chi connectivity index (χ1) is 6.22. The Labute approximate surface area is 81.1 Å². The standard InChI is InChI=1S/C11H19NO/c1-4-6-7-9-12-11(13)10(3)8-5-2/h10H,5,7-9H2,1-3H3,(H,12,13). The molecule has 0 aromatic carbocycles. The Hall–Kier alpha value is -0.970. The molecule has 0 aliphatic carbocycles. The van der Waals surface area contributed by atoms with Crippen molar-refractivity contribution in [2.24, 2.45) is 5.92 Å². The molecule has 0 aliphatic rings. The van der Waals surface area contributed by atoms with Gasteiger partial charge in [-0.15, -0.1) is 11.8 Å². The predicted molar refractivity (Wildman–Crippen MR) is 55.1 cm³/mol. The van der Waals surface area contributed by atoms with Crippen LogP contribution < -0.4 is 5.32 Å². The average Bonchev–Trinajstić information content (AvgIpc) is 2.12. The lowest BCUT2D eigenvalue weighted by molar-refractivity contribution is -0.124. The second kappa shape index (κ2) is 7.67. The van der Waals surface area contributed by atoms with Gasteiger partial charge in [0.1, 0.15) is 0 Å². The van der Waals surface area contributed by atoms with Crippen LogP contribution in [0.2, 0.25) is 0 Å². The summed E-state index contributed by atoms with van der Waals surface area (Å²) in [5.74, 6) is 6.00. The van der Waals surface area contributed by atoms with E-state index in [4.69, 9.17) is 0 Å². The maximum atomic E-state index is 11.3. The molecule has 0 spiro atoms. The quantitative estimate of drug-likeness (QED) is 0.510. The molecule has 1 atom stereocenters. The molecule has 0 heterocycles. The lowest BCUT2D eigenvalue weighted by Gasteiger charge is -2.09. The van der Waals surface area contributed by atoms with Crippen LogP contribution >= 0.6 is 0 Å². The third-order valence-corrected chi connectivity index (χ3v) is 1.90. The lowest BCUT2D eigenvalue weighted by Crippen LogP contribution is -2.29. The molecule has 0 aliphatic heterocycles. The largest absolute Gasteiger partial charge is 0.355 e. The van der Waals surface area contributed by atoms with Crippen LogP contribution in [0, 0.1) is 17.8 Å². The highest BCUT2D eigenvalue weighted by Crippen LogP contribution is 2.03. The van der Waals surface area contributed by atoms with Crippen LogP contribution in [0.15, 0.2) is 0 Å². The van der Waals surface area contributed by atoms with Gasteiger partial charge in [0.25, 0.3) is 0 Å². The molecular weight excluding hydrogens is 162 g/mol. The maximum absolute atomic E-state index is 11.3. The van der Waals surface area contributed by atoms with Crippen molar-refractivity contribution in [3.63, 3.8) is 0 Å². The smallest absolute Gasteiger partial charge is 0.222 e. The van der Waals surface area contributed by atoms with E-state index in [1.54, 1.807) is 0 Å². The van der Waals surface area contributed by atoms with Crippen LogP contribution in [0.3, 0.4) is 0 Å². The molecule has 74 valence electrons. The van der Waals surface area contributed by atoms with E-state index in [1.807, 2.05) is 13.8 Å². The van der Waals surface area contributed by atoms with E-state index in [0.29, 0.717) is 6.54 Å². The Morgan fingerprint density at radius 3 is 2.77 bits per heavy atom. The molecule has 2 heteroatoms. The Morgan fingerprint density at radius 1 is 1.54 bits per heavy atom. The SMILES string of the molecule is CC#CCCNC(=O)C(C)CCC. The monoisotopic (exact) mass is 181 g/mol. The van der Waals surface area contributed by atoms with Gasteiger partial charge in [-0.3, -0.25) is 4.79 Å². The van der Waals surface area contributed by atoms with Crippen LogP contribution in [0.5, 0.6) is 0 Å². The van der Waals surface area contributed by atoms with E-state index in [1.165, 1.54) is 0 Å². The van der Waals surface area contributed by atoms with Gasteiger partial charge in [-0.05, 0) is 13.3 Å². The summed E-state index contributed by atoms with van der Waals surface area (Å²) in [6, 6.07) is 0. The van der Waals surface area contributed by atoms with Gasteiger partial charge in [-0.1, -0.05) is 20.3 Å². The highest BCUT2D eigenvalue weighted by molar-refractivity contribution is 5.78. The Kier molecular flexibility index (Phi) is 7.10. The van der Waals surface area contributed by atoms with Crippen LogP contribution in [0.25, 0.3) is 0 Å². The second-order valence-electron chi connectivity index (χ2n) is 3.16.